The van der Waals surface area contributed by atoms with Gasteiger partial charge in [0.15, 0.2) is 0 Å². The Balaban J connectivity index is 1.65. The molecule has 0 bridgehead atoms. The minimum absolute atomic E-state index is 0.141. The smallest absolute Gasteiger partial charge is 0.255 e. The van der Waals surface area contributed by atoms with Crippen molar-refractivity contribution in [2.45, 2.75) is 18.9 Å². The number of benzene rings is 2. The summed E-state index contributed by atoms with van der Waals surface area (Å²) in [6.07, 6.45) is 2.23. The van der Waals surface area contributed by atoms with Gasteiger partial charge in [0.25, 0.3) is 5.91 Å². The number of anilines is 1. The molecular formula is C18H16BrCl2NO3. The van der Waals surface area contributed by atoms with Gasteiger partial charge < -0.3 is 14.8 Å². The third kappa shape index (κ3) is 4.88. The van der Waals surface area contributed by atoms with Gasteiger partial charge in [-0.05, 0) is 65.2 Å². The van der Waals surface area contributed by atoms with Gasteiger partial charge in [-0.2, -0.15) is 0 Å². The van der Waals surface area contributed by atoms with Gasteiger partial charge in [0.1, 0.15) is 12.4 Å². The molecule has 4 nitrogen and oxygen atoms in total. The molecule has 25 heavy (non-hydrogen) atoms. The third-order valence-corrected chi connectivity index (χ3v) is 4.99. The van der Waals surface area contributed by atoms with Crippen LogP contribution in [-0.4, -0.2) is 25.2 Å². The van der Waals surface area contributed by atoms with Crippen LogP contribution in [0.5, 0.6) is 5.75 Å². The largest absolute Gasteiger partial charge is 0.490 e. The lowest BCUT2D eigenvalue weighted by Crippen LogP contribution is -2.16. The van der Waals surface area contributed by atoms with Gasteiger partial charge in [-0.1, -0.05) is 23.2 Å². The van der Waals surface area contributed by atoms with Crippen LogP contribution in [-0.2, 0) is 4.74 Å². The molecule has 1 N–H and O–H groups in total. The van der Waals surface area contributed by atoms with E-state index >= 15 is 0 Å². The zero-order valence-electron chi connectivity index (χ0n) is 13.2. The topological polar surface area (TPSA) is 47.6 Å². The molecule has 2 aromatic carbocycles. The Morgan fingerprint density at radius 3 is 2.80 bits per heavy atom. The van der Waals surface area contributed by atoms with Crippen LogP contribution in [0.4, 0.5) is 5.69 Å². The Bertz CT molecular complexity index is 779. The third-order valence-electron chi connectivity index (χ3n) is 3.82. The van der Waals surface area contributed by atoms with Crippen LogP contribution < -0.4 is 10.1 Å². The Labute approximate surface area is 164 Å². The molecule has 1 aliphatic heterocycles. The maximum atomic E-state index is 12.4. The molecule has 1 aliphatic rings. The molecule has 1 unspecified atom stereocenters. The molecule has 1 atom stereocenters. The van der Waals surface area contributed by atoms with Crippen molar-refractivity contribution in [1.82, 2.24) is 0 Å². The summed E-state index contributed by atoms with van der Waals surface area (Å²) in [5, 5.41) is 3.66. The molecule has 7 heteroatoms. The van der Waals surface area contributed by atoms with Crippen molar-refractivity contribution in [2.24, 2.45) is 0 Å². The maximum Gasteiger partial charge on any atom is 0.255 e. The monoisotopic (exact) mass is 443 g/mol. The summed E-state index contributed by atoms with van der Waals surface area (Å²) >= 11 is 15.4. The van der Waals surface area contributed by atoms with Crippen LogP contribution in [0.15, 0.2) is 40.9 Å². The second-order valence-electron chi connectivity index (χ2n) is 5.67. The Morgan fingerprint density at radius 1 is 1.28 bits per heavy atom. The van der Waals surface area contributed by atoms with E-state index in [1.54, 1.807) is 36.4 Å². The average molecular weight is 445 g/mol. The summed E-state index contributed by atoms with van der Waals surface area (Å²) in [5.74, 6) is 0.409. The average Bonchev–Trinajstić information content (AvgIpc) is 3.09. The molecule has 0 aromatic heterocycles. The second-order valence-corrected chi connectivity index (χ2v) is 7.37. The SMILES string of the molecule is O=C(Nc1ccc(Cl)cc1Cl)c1ccc(OCC2CCCO2)c(Br)c1. The van der Waals surface area contributed by atoms with Gasteiger partial charge in [0, 0.05) is 17.2 Å². The first kappa shape index (κ1) is 18.5. The first-order valence-electron chi connectivity index (χ1n) is 7.83. The van der Waals surface area contributed by atoms with E-state index in [2.05, 4.69) is 21.2 Å². The van der Waals surface area contributed by atoms with Crippen molar-refractivity contribution in [3.63, 3.8) is 0 Å². The molecule has 0 spiro atoms. The summed E-state index contributed by atoms with van der Waals surface area (Å²) in [4.78, 5) is 12.4. The minimum Gasteiger partial charge on any atom is -0.490 e. The Kier molecular flexibility index (Phi) is 6.23. The number of ether oxygens (including phenoxy) is 2. The van der Waals surface area contributed by atoms with Crippen molar-refractivity contribution in [2.75, 3.05) is 18.5 Å². The number of amides is 1. The molecule has 1 amide bonds. The lowest BCUT2D eigenvalue weighted by Gasteiger charge is -2.13. The van der Waals surface area contributed by atoms with Gasteiger partial charge >= 0.3 is 0 Å². The number of nitrogens with one attached hydrogen (secondary N) is 1. The van der Waals surface area contributed by atoms with Gasteiger partial charge in [-0.15, -0.1) is 0 Å². The van der Waals surface area contributed by atoms with Crippen LogP contribution in [0.3, 0.4) is 0 Å². The van der Waals surface area contributed by atoms with E-state index in [0.29, 0.717) is 38.1 Å². The normalized spacial score (nSPS) is 16.7. The fraction of sp³-hybridized carbons (Fsp3) is 0.278. The number of carbonyl (C=O) groups is 1. The molecule has 0 saturated carbocycles. The standard InChI is InChI=1S/C18H16BrCl2NO3/c19-14-8-11(3-6-17(14)25-10-13-2-1-7-24-13)18(23)22-16-5-4-12(20)9-15(16)21/h3-6,8-9,13H,1-2,7,10H2,(H,22,23). The quantitative estimate of drug-likeness (QED) is 0.655. The molecular weight excluding hydrogens is 429 g/mol. The van der Waals surface area contributed by atoms with E-state index in [1.165, 1.54) is 0 Å². The first-order valence-corrected chi connectivity index (χ1v) is 9.38. The highest BCUT2D eigenvalue weighted by Crippen LogP contribution is 2.29. The van der Waals surface area contributed by atoms with Crippen LogP contribution in [0.2, 0.25) is 10.0 Å². The molecule has 1 heterocycles. The number of hydrogen-bond acceptors (Lipinski definition) is 3. The van der Waals surface area contributed by atoms with Crippen LogP contribution >= 0.6 is 39.1 Å². The van der Waals surface area contributed by atoms with E-state index in [4.69, 9.17) is 32.7 Å². The highest BCUT2D eigenvalue weighted by molar-refractivity contribution is 9.10. The predicted octanol–water partition coefficient (Wildman–Crippen LogP) is 5.57. The maximum absolute atomic E-state index is 12.4. The van der Waals surface area contributed by atoms with Crippen molar-refractivity contribution >= 4 is 50.7 Å². The Morgan fingerprint density at radius 2 is 2.12 bits per heavy atom. The fourth-order valence-corrected chi connectivity index (χ4v) is 3.45. The first-order chi connectivity index (χ1) is 12.0. The molecule has 1 saturated heterocycles. The predicted molar refractivity (Wildman–Crippen MR) is 103 cm³/mol. The zero-order valence-corrected chi connectivity index (χ0v) is 16.3. The summed E-state index contributed by atoms with van der Waals surface area (Å²) in [6, 6.07) is 10.1. The summed E-state index contributed by atoms with van der Waals surface area (Å²) in [6.45, 7) is 1.30. The number of carbonyl (C=O) groups excluding carboxylic acids is 1. The van der Waals surface area contributed by atoms with E-state index in [0.717, 1.165) is 19.4 Å². The van der Waals surface area contributed by atoms with E-state index in [1.807, 2.05) is 0 Å². The summed E-state index contributed by atoms with van der Waals surface area (Å²) < 4.78 is 12.0. The minimum atomic E-state index is -0.268. The lowest BCUT2D eigenvalue weighted by atomic mass is 10.2. The van der Waals surface area contributed by atoms with Crippen molar-refractivity contribution in [3.05, 3.63) is 56.5 Å². The lowest BCUT2D eigenvalue weighted by molar-refractivity contribution is 0.0677. The van der Waals surface area contributed by atoms with Gasteiger partial charge in [-0.25, -0.2) is 0 Å². The molecule has 1 fully saturated rings. The number of rotatable bonds is 5. The molecule has 2 aromatic rings. The van der Waals surface area contributed by atoms with E-state index in [-0.39, 0.29) is 12.0 Å². The van der Waals surface area contributed by atoms with Gasteiger partial charge in [0.2, 0.25) is 0 Å². The highest BCUT2D eigenvalue weighted by atomic mass is 79.9. The van der Waals surface area contributed by atoms with E-state index in [9.17, 15) is 4.79 Å². The van der Waals surface area contributed by atoms with Crippen molar-refractivity contribution < 1.29 is 14.3 Å². The molecule has 0 radical (unpaired) electrons. The van der Waals surface area contributed by atoms with Gasteiger partial charge in [-0.3, -0.25) is 4.79 Å². The number of halogens is 3. The van der Waals surface area contributed by atoms with Crippen molar-refractivity contribution in [1.29, 1.82) is 0 Å². The van der Waals surface area contributed by atoms with E-state index < -0.39 is 0 Å². The zero-order chi connectivity index (χ0) is 17.8. The summed E-state index contributed by atoms with van der Waals surface area (Å²) in [7, 11) is 0. The fourth-order valence-electron chi connectivity index (χ4n) is 2.50. The molecule has 0 aliphatic carbocycles. The Hall–Kier alpha value is -1.27. The summed E-state index contributed by atoms with van der Waals surface area (Å²) in [5.41, 5.74) is 0.994. The molecule has 3 rings (SSSR count). The highest BCUT2D eigenvalue weighted by Gasteiger charge is 2.17. The number of hydrogen-bond donors (Lipinski definition) is 1. The van der Waals surface area contributed by atoms with Gasteiger partial charge in [0.05, 0.1) is 21.3 Å². The van der Waals surface area contributed by atoms with Crippen LogP contribution in [0.25, 0.3) is 0 Å². The van der Waals surface area contributed by atoms with Crippen LogP contribution in [0.1, 0.15) is 23.2 Å². The second kappa shape index (κ2) is 8.41. The van der Waals surface area contributed by atoms with Crippen molar-refractivity contribution in [3.8, 4) is 5.75 Å². The molecule has 132 valence electrons. The van der Waals surface area contributed by atoms with Crippen LogP contribution in [0, 0.1) is 0 Å².